The first-order valence-corrected chi connectivity index (χ1v) is 5.44. The van der Waals surface area contributed by atoms with Crippen LogP contribution in [0.4, 0.5) is 0 Å². The van der Waals surface area contributed by atoms with E-state index < -0.39 is 5.91 Å². The molecule has 5 nitrogen and oxygen atoms in total. The van der Waals surface area contributed by atoms with Gasteiger partial charge in [-0.15, -0.1) is 0 Å². The lowest BCUT2D eigenvalue weighted by atomic mass is 10.1. The topological polar surface area (TPSA) is 81.4 Å². The van der Waals surface area contributed by atoms with E-state index in [9.17, 15) is 9.59 Å². The molecule has 0 aliphatic heterocycles. The maximum absolute atomic E-state index is 11.6. The molecule has 0 saturated heterocycles. The fourth-order valence-corrected chi connectivity index (χ4v) is 1.46. The van der Waals surface area contributed by atoms with E-state index in [0.29, 0.717) is 16.9 Å². The van der Waals surface area contributed by atoms with Gasteiger partial charge < -0.3 is 15.8 Å². The molecule has 1 fully saturated rings. The number of benzene rings is 1. The normalized spacial score (nSPS) is 14.2. The molecule has 0 heterocycles. The summed E-state index contributed by atoms with van der Waals surface area (Å²) in [6.45, 7) is 0. The smallest absolute Gasteiger partial charge is 0.254 e. The van der Waals surface area contributed by atoms with Crippen LogP contribution in [-0.4, -0.2) is 25.0 Å². The van der Waals surface area contributed by atoms with Crippen LogP contribution in [0.1, 0.15) is 33.6 Å². The van der Waals surface area contributed by atoms with Crippen molar-refractivity contribution in [1.29, 1.82) is 0 Å². The van der Waals surface area contributed by atoms with Crippen LogP contribution in [-0.2, 0) is 0 Å². The average molecular weight is 234 g/mol. The number of carbonyl (C=O) groups excluding carboxylic acids is 2. The molecule has 0 bridgehead atoms. The Morgan fingerprint density at radius 1 is 1.41 bits per heavy atom. The van der Waals surface area contributed by atoms with Crippen molar-refractivity contribution in [2.75, 3.05) is 7.05 Å². The molecule has 90 valence electrons. The standard InChI is InChI=1S/C12H14N2O3/c1-14-12(16)9-5-2-7(11(13)15)6-10(9)17-8-3-4-8/h2,5-6,8H,3-4H2,1H3,(H2,13,15)(H,14,16). The number of hydrogen-bond donors (Lipinski definition) is 2. The molecule has 1 aliphatic carbocycles. The highest BCUT2D eigenvalue weighted by molar-refractivity contribution is 5.99. The molecule has 5 heteroatoms. The molecule has 0 spiro atoms. The summed E-state index contributed by atoms with van der Waals surface area (Å²) >= 11 is 0. The predicted octanol–water partition coefficient (Wildman–Crippen LogP) is 0.686. The fourth-order valence-electron chi connectivity index (χ4n) is 1.46. The minimum absolute atomic E-state index is 0.154. The van der Waals surface area contributed by atoms with E-state index in [4.69, 9.17) is 10.5 Å². The van der Waals surface area contributed by atoms with Gasteiger partial charge in [-0.1, -0.05) is 0 Å². The maximum atomic E-state index is 11.6. The lowest BCUT2D eigenvalue weighted by Crippen LogP contribution is -2.20. The summed E-state index contributed by atoms with van der Waals surface area (Å²) in [5.41, 5.74) is 5.95. The van der Waals surface area contributed by atoms with Crippen LogP contribution in [0.25, 0.3) is 0 Å². The Kier molecular flexibility index (Phi) is 2.99. The molecule has 0 atom stereocenters. The van der Waals surface area contributed by atoms with Gasteiger partial charge in [0.25, 0.3) is 5.91 Å². The van der Waals surface area contributed by atoms with Crippen molar-refractivity contribution in [3.8, 4) is 5.75 Å². The summed E-state index contributed by atoms with van der Waals surface area (Å²) in [7, 11) is 1.55. The summed E-state index contributed by atoms with van der Waals surface area (Å²) in [6, 6.07) is 4.59. The zero-order chi connectivity index (χ0) is 12.4. The van der Waals surface area contributed by atoms with Crippen LogP contribution >= 0.6 is 0 Å². The number of primary amides is 1. The third-order valence-electron chi connectivity index (χ3n) is 2.56. The minimum Gasteiger partial charge on any atom is -0.490 e. The van der Waals surface area contributed by atoms with Crippen LogP contribution < -0.4 is 15.8 Å². The molecule has 1 aliphatic rings. The maximum Gasteiger partial charge on any atom is 0.254 e. The van der Waals surface area contributed by atoms with Crippen molar-refractivity contribution in [2.45, 2.75) is 18.9 Å². The monoisotopic (exact) mass is 234 g/mol. The molecule has 17 heavy (non-hydrogen) atoms. The number of amides is 2. The Morgan fingerprint density at radius 2 is 2.12 bits per heavy atom. The molecule has 0 aromatic heterocycles. The number of nitrogens with two attached hydrogens (primary N) is 1. The van der Waals surface area contributed by atoms with Gasteiger partial charge in [0.1, 0.15) is 5.75 Å². The zero-order valence-corrected chi connectivity index (χ0v) is 9.53. The van der Waals surface area contributed by atoms with E-state index in [0.717, 1.165) is 12.8 Å². The van der Waals surface area contributed by atoms with Gasteiger partial charge in [-0.25, -0.2) is 0 Å². The van der Waals surface area contributed by atoms with E-state index in [1.54, 1.807) is 13.1 Å². The first-order valence-electron chi connectivity index (χ1n) is 5.44. The van der Waals surface area contributed by atoms with Crippen LogP contribution in [0, 0.1) is 0 Å². The number of ether oxygens (including phenoxy) is 1. The highest BCUT2D eigenvalue weighted by Crippen LogP contribution is 2.29. The second kappa shape index (κ2) is 4.45. The van der Waals surface area contributed by atoms with Crippen molar-refractivity contribution in [2.24, 2.45) is 5.73 Å². The molecule has 2 amide bonds. The van der Waals surface area contributed by atoms with E-state index >= 15 is 0 Å². The van der Waals surface area contributed by atoms with E-state index in [1.165, 1.54) is 12.1 Å². The molecular formula is C12H14N2O3. The van der Waals surface area contributed by atoms with Gasteiger partial charge in [0.15, 0.2) is 0 Å². The van der Waals surface area contributed by atoms with Gasteiger partial charge in [0, 0.05) is 12.6 Å². The van der Waals surface area contributed by atoms with Crippen LogP contribution in [0.5, 0.6) is 5.75 Å². The second-order valence-corrected chi connectivity index (χ2v) is 3.97. The summed E-state index contributed by atoms with van der Waals surface area (Å²) < 4.78 is 5.60. The predicted molar refractivity (Wildman–Crippen MR) is 62.0 cm³/mol. The first-order chi connectivity index (χ1) is 8.11. The van der Waals surface area contributed by atoms with Crippen LogP contribution in [0.3, 0.4) is 0 Å². The summed E-state index contributed by atoms with van der Waals surface area (Å²) in [5.74, 6) is -0.353. The van der Waals surface area contributed by atoms with Gasteiger partial charge in [0.2, 0.25) is 5.91 Å². The Balaban J connectivity index is 2.35. The van der Waals surface area contributed by atoms with Gasteiger partial charge in [0.05, 0.1) is 11.7 Å². The first kappa shape index (κ1) is 11.4. The molecule has 1 aromatic rings. The minimum atomic E-state index is -0.533. The Morgan fingerprint density at radius 3 is 2.65 bits per heavy atom. The molecule has 3 N–H and O–H groups in total. The van der Waals surface area contributed by atoms with E-state index in [1.807, 2.05) is 0 Å². The van der Waals surface area contributed by atoms with Gasteiger partial charge in [-0.2, -0.15) is 0 Å². The molecule has 0 unspecified atom stereocenters. The van der Waals surface area contributed by atoms with Crippen molar-refractivity contribution in [3.63, 3.8) is 0 Å². The third kappa shape index (κ3) is 2.55. The van der Waals surface area contributed by atoms with Gasteiger partial charge in [-0.3, -0.25) is 9.59 Å². The Labute approximate surface area is 98.9 Å². The van der Waals surface area contributed by atoms with Crippen molar-refractivity contribution in [3.05, 3.63) is 29.3 Å². The quantitative estimate of drug-likeness (QED) is 0.804. The largest absolute Gasteiger partial charge is 0.490 e. The van der Waals surface area contributed by atoms with Crippen molar-refractivity contribution < 1.29 is 14.3 Å². The lowest BCUT2D eigenvalue weighted by molar-refractivity contribution is 0.0954. The number of carbonyl (C=O) groups is 2. The highest BCUT2D eigenvalue weighted by atomic mass is 16.5. The second-order valence-electron chi connectivity index (χ2n) is 3.97. The fraction of sp³-hybridized carbons (Fsp3) is 0.333. The summed E-state index contributed by atoms with van der Waals surface area (Å²) in [5, 5.41) is 2.53. The molecule has 0 radical (unpaired) electrons. The van der Waals surface area contributed by atoms with Crippen LogP contribution in [0.2, 0.25) is 0 Å². The summed E-state index contributed by atoms with van der Waals surface area (Å²) in [6.07, 6.45) is 2.11. The summed E-state index contributed by atoms with van der Waals surface area (Å²) in [4.78, 5) is 22.7. The van der Waals surface area contributed by atoms with Crippen molar-refractivity contribution >= 4 is 11.8 Å². The number of hydrogen-bond acceptors (Lipinski definition) is 3. The molecular weight excluding hydrogens is 220 g/mol. The Bertz CT molecular complexity index is 467. The van der Waals surface area contributed by atoms with E-state index in [2.05, 4.69) is 5.32 Å². The average Bonchev–Trinajstić information content (AvgIpc) is 3.11. The molecule has 2 rings (SSSR count). The molecule has 1 aromatic carbocycles. The third-order valence-corrected chi connectivity index (χ3v) is 2.56. The number of nitrogens with one attached hydrogen (secondary N) is 1. The lowest BCUT2D eigenvalue weighted by Gasteiger charge is -2.10. The SMILES string of the molecule is CNC(=O)c1ccc(C(N)=O)cc1OC1CC1. The van der Waals surface area contributed by atoms with Gasteiger partial charge in [-0.05, 0) is 31.0 Å². The number of rotatable bonds is 4. The molecule has 1 saturated carbocycles. The highest BCUT2D eigenvalue weighted by Gasteiger charge is 2.26. The van der Waals surface area contributed by atoms with Crippen molar-refractivity contribution in [1.82, 2.24) is 5.32 Å². The zero-order valence-electron chi connectivity index (χ0n) is 9.53. The van der Waals surface area contributed by atoms with E-state index in [-0.39, 0.29) is 12.0 Å². The van der Waals surface area contributed by atoms with Gasteiger partial charge >= 0.3 is 0 Å². The van der Waals surface area contributed by atoms with Crippen LogP contribution in [0.15, 0.2) is 18.2 Å². The Hall–Kier alpha value is -2.04.